The molecule has 1 atom stereocenters. The summed E-state index contributed by atoms with van der Waals surface area (Å²) in [6.45, 7) is 1.98. The molecule has 3 nitrogen and oxygen atoms in total. The van der Waals surface area contributed by atoms with Crippen LogP contribution in [0.2, 0.25) is 0 Å². The van der Waals surface area contributed by atoms with Crippen LogP contribution in [0, 0.1) is 17.8 Å². The average Bonchev–Trinajstić information content (AvgIpc) is 3.31. The number of carbonyl (C=O) groups is 2. The fourth-order valence-electron chi connectivity index (χ4n) is 2.37. The van der Waals surface area contributed by atoms with Gasteiger partial charge in [-0.1, -0.05) is 6.92 Å². The number of Topliss-reactive ketones (excluding diaryl/α,β-unsaturated/α-hetero) is 1. The molecule has 1 aromatic carbocycles. The second kappa shape index (κ2) is 4.80. The Morgan fingerprint density at radius 1 is 1.11 bits per heavy atom. The third-order valence-corrected chi connectivity index (χ3v) is 4.13. The Balaban J connectivity index is 1.61. The van der Waals surface area contributed by atoms with Crippen molar-refractivity contribution in [3.63, 3.8) is 0 Å². The summed E-state index contributed by atoms with van der Waals surface area (Å²) in [5.74, 6) is 1.23. The third-order valence-electron chi connectivity index (χ3n) is 4.13. The Morgan fingerprint density at radius 3 is 2.26 bits per heavy atom. The SMILES string of the molecule is CC(C(=O)Nc1ccc(C(=O)C2CC2)cc1)C1CC1. The molecule has 2 saturated carbocycles. The molecule has 0 bridgehead atoms. The van der Waals surface area contributed by atoms with Crippen LogP contribution in [0.1, 0.15) is 43.0 Å². The maximum atomic E-state index is 12.0. The molecular weight excluding hydrogens is 238 g/mol. The molecule has 2 fully saturated rings. The molecule has 0 radical (unpaired) electrons. The molecule has 0 aromatic heterocycles. The summed E-state index contributed by atoms with van der Waals surface area (Å²) in [5, 5.41) is 2.92. The molecule has 2 aliphatic carbocycles. The number of hydrogen-bond acceptors (Lipinski definition) is 2. The van der Waals surface area contributed by atoms with Crippen LogP contribution in [0.4, 0.5) is 5.69 Å². The zero-order chi connectivity index (χ0) is 13.4. The van der Waals surface area contributed by atoms with Crippen molar-refractivity contribution >= 4 is 17.4 Å². The van der Waals surface area contributed by atoms with Gasteiger partial charge in [0.25, 0.3) is 0 Å². The number of anilines is 1. The van der Waals surface area contributed by atoms with E-state index in [1.807, 2.05) is 31.2 Å². The first-order valence-corrected chi connectivity index (χ1v) is 7.10. The lowest BCUT2D eigenvalue weighted by atomic mass is 10.0. The van der Waals surface area contributed by atoms with Gasteiger partial charge in [0, 0.05) is 23.1 Å². The van der Waals surface area contributed by atoms with Gasteiger partial charge in [-0.25, -0.2) is 0 Å². The second-order valence-corrected chi connectivity index (χ2v) is 5.83. The van der Waals surface area contributed by atoms with Gasteiger partial charge >= 0.3 is 0 Å². The molecule has 0 aliphatic heterocycles. The van der Waals surface area contributed by atoms with Crippen LogP contribution in [0.5, 0.6) is 0 Å². The summed E-state index contributed by atoms with van der Waals surface area (Å²) in [7, 11) is 0. The highest BCUT2D eigenvalue weighted by Gasteiger charge is 2.33. The number of hydrogen-bond donors (Lipinski definition) is 1. The van der Waals surface area contributed by atoms with Gasteiger partial charge in [-0.15, -0.1) is 0 Å². The predicted octanol–water partition coefficient (Wildman–Crippen LogP) is 3.26. The van der Waals surface area contributed by atoms with Gasteiger partial charge < -0.3 is 5.32 Å². The second-order valence-electron chi connectivity index (χ2n) is 5.83. The van der Waals surface area contributed by atoms with E-state index in [0.717, 1.165) is 24.1 Å². The van der Waals surface area contributed by atoms with Crippen molar-refractivity contribution in [3.05, 3.63) is 29.8 Å². The van der Waals surface area contributed by atoms with Crippen LogP contribution in [-0.2, 0) is 4.79 Å². The molecule has 1 aromatic rings. The summed E-state index contributed by atoms with van der Waals surface area (Å²) in [6, 6.07) is 7.29. The van der Waals surface area contributed by atoms with E-state index in [2.05, 4.69) is 5.32 Å². The fourth-order valence-corrected chi connectivity index (χ4v) is 2.37. The van der Waals surface area contributed by atoms with Gasteiger partial charge in [0.2, 0.25) is 5.91 Å². The van der Waals surface area contributed by atoms with Crippen molar-refractivity contribution < 1.29 is 9.59 Å². The molecule has 0 heterocycles. The molecule has 2 aliphatic rings. The van der Waals surface area contributed by atoms with Crippen LogP contribution in [-0.4, -0.2) is 11.7 Å². The summed E-state index contributed by atoms with van der Waals surface area (Å²) >= 11 is 0. The normalized spacial score (nSPS) is 19.8. The minimum Gasteiger partial charge on any atom is -0.326 e. The number of ketones is 1. The maximum Gasteiger partial charge on any atom is 0.227 e. The van der Waals surface area contributed by atoms with E-state index in [9.17, 15) is 9.59 Å². The van der Waals surface area contributed by atoms with E-state index in [1.54, 1.807) is 0 Å². The van der Waals surface area contributed by atoms with Crippen molar-refractivity contribution in [1.29, 1.82) is 0 Å². The Morgan fingerprint density at radius 2 is 1.74 bits per heavy atom. The Labute approximate surface area is 113 Å². The predicted molar refractivity (Wildman–Crippen MR) is 74.0 cm³/mol. The van der Waals surface area contributed by atoms with Crippen molar-refractivity contribution in [2.24, 2.45) is 17.8 Å². The number of benzene rings is 1. The number of amides is 1. The van der Waals surface area contributed by atoms with Crippen molar-refractivity contribution in [2.75, 3.05) is 5.32 Å². The first-order chi connectivity index (χ1) is 9.15. The third kappa shape index (κ3) is 2.86. The zero-order valence-corrected chi connectivity index (χ0v) is 11.2. The monoisotopic (exact) mass is 257 g/mol. The quantitative estimate of drug-likeness (QED) is 0.823. The molecule has 0 saturated heterocycles. The smallest absolute Gasteiger partial charge is 0.227 e. The lowest BCUT2D eigenvalue weighted by molar-refractivity contribution is -0.119. The van der Waals surface area contributed by atoms with Crippen molar-refractivity contribution in [2.45, 2.75) is 32.6 Å². The van der Waals surface area contributed by atoms with Crippen molar-refractivity contribution in [1.82, 2.24) is 0 Å². The topological polar surface area (TPSA) is 46.2 Å². The van der Waals surface area contributed by atoms with Gasteiger partial charge in [-0.2, -0.15) is 0 Å². The lowest BCUT2D eigenvalue weighted by Gasteiger charge is -2.11. The molecule has 19 heavy (non-hydrogen) atoms. The summed E-state index contributed by atoms with van der Waals surface area (Å²) in [4.78, 5) is 23.8. The molecule has 100 valence electrons. The highest BCUT2D eigenvalue weighted by molar-refractivity contribution is 6.00. The number of nitrogens with one attached hydrogen (secondary N) is 1. The zero-order valence-electron chi connectivity index (χ0n) is 11.2. The molecule has 1 unspecified atom stereocenters. The first-order valence-electron chi connectivity index (χ1n) is 7.10. The Hall–Kier alpha value is -1.64. The van der Waals surface area contributed by atoms with Gasteiger partial charge in [0.1, 0.15) is 0 Å². The van der Waals surface area contributed by atoms with Gasteiger partial charge in [0.05, 0.1) is 0 Å². The van der Waals surface area contributed by atoms with Crippen molar-refractivity contribution in [3.8, 4) is 0 Å². The Bertz CT molecular complexity index is 498. The fraction of sp³-hybridized carbons (Fsp3) is 0.500. The molecule has 1 N–H and O–H groups in total. The molecule has 3 rings (SSSR count). The van der Waals surface area contributed by atoms with E-state index in [1.165, 1.54) is 12.8 Å². The van der Waals surface area contributed by atoms with E-state index < -0.39 is 0 Å². The molecule has 3 heteroatoms. The van der Waals surface area contributed by atoms with Crippen LogP contribution in [0.3, 0.4) is 0 Å². The summed E-state index contributed by atoms with van der Waals surface area (Å²) in [6.07, 6.45) is 4.39. The van der Waals surface area contributed by atoms with Gasteiger partial charge in [0.15, 0.2) is 5.78 Å². The first kappa shape index (κ1) is 12.4. The van der Waals surface area contributed by atoms with E-state index in [4.69, 9.17) is 0 Å². The number of carbonyl (C=O) groups excluding carboxylic acids is 2. The highest BCUT2D eigenvalue weighted by atomic mass is 16.2. The maximum absolute atomic E-state index is 12.0. The number of rotatable bonds is 5. The Kier molecular flexibility index (Phi) is 3.13. The van der Waals surface area contributed by atoms with E-state index in [0.29, 0.717) is 5.92 Å². The largest absolute Gasteiger partial charge is 0.326 e. The minimum atomic E-state index is 0.0868. The highest BCUT2D eigenvalue weighted by Crippen LogP contribution is 2.37. The van der Waals surface area contributed by atoms with E-state index >= 15 is 0 Å². The van der Waals surface area contributed by atoms with E-state index in [-0.39, 0.29) is 23.5 Å². The average molecular weight is 257 g/mol. The molecular formula is C16H19NO2. The summed E-state index contributed by atoms with van der Waals surface area (Å²) in [5.41, 5.74) is 1.54. The van der Waals surface area contributed by atoms with Gasteiger partial charge in [-0.3, -0.25) is 9.59 Å². The van der Waals surface area contributed by atoms with Crippen LogP contribution in [0.25, 0.3) is 0 Å². The molecule has 1 amide bonds. The van der Waals surface area contributed by atoms with Gasteiger partial charge in [-0.05, 0) is 55.9 Å². The summed E-state index contributed by atoms with van der Waals surface area (Å²) < 4.78 is 0. The molecule has 0 spiro atoms. The minimum absolute atomic E-state index is 0.0868. The van der Waals surface area contributed by atoms with Crippen LogP contribution < -0.4 is 5.32 Å². The standard InChI is InChI=1S/C16H19NO2/c1-10(11-2-3-11)16(19)17-14-8-6-13(7-9-14)15(18)12-4-5-12/h6-12H,2-5H2,1H3,(H,17,19). The lowest BCUT2D eigenvalue weighted by Crippen LogP contribution is -2.21. The van der Waals surface area contributed by atoms with Crippen LogP contribution in [0.15, 0.2) is 24.3 Å². The van der Waals surface area contributed by atoms with Crippen LogP contribution >= 0.6 is 0 Å².